The summed E-state index contributed by atoms with van der Waals surface area (Å²) in [6, 6.07) is 8.37. The van der Waals surface area contributed by atoms with Gasteiger partial charge in [0.05, 0.1) is 5.92 Å². The summed E-state index contributed by atoms with van der Waals surface area (Å²) in [5.74, 6) is 0.699. The number of benzene rings is 1. The van der Waals surface area contributed by atoms with Crippen LogP contribution >= 0.6 is 0 Å². The number of hydrogen-bond donors (Lipinski definition) is 3. The molecule has 2 fully saturated rings. The van der Waals surface area contributed by atoms with Crippen LogP contribution in [0.15, 0.2) is 24.3 Å². The Bertz CT molecular complexity index is 655. The van der Waals surface area contributed by atoms with Crippen LogP contribution in [0.25, 0.3) is 11.4 Å². The van der Waals surface area contributed by atoms with Crippen molar-refractivity contribution in [1.29, 1.82) is 0 Å². The van der Waals surface area contributed by atoms with Gasteiger partial charge in [0.25, 0.3) is 0 Å². The van der Waals surface area contributed by atoms with Gasteiger partial charge < -0.3 is 10.6 Å². The fraction of sp³-hybridized carbons (Fsp3) is 0.429. The molecule has 0 saturated carbocycles. The summed E-state index contributed by atoms with van der Waals surface area (Å²) in [5.41, 5.74) is 1.60. The monoisotopic (exact) mass is 284 g/mol. The fourth-order valence-corrected chi connectivity index (χ4v) is 3.37. The zero-order valence-corrected chi connectivity index (χ0v) is 11.4. The molecule has 4 rings (SSSR count). The number of aromatic nitrogens is 4. The molecule has 2 aliphatic rings. The van der Waals surface area contributed by atoms with Crippen LogP contribution in [0.5, 0.6) is 0 Å². The maximum absolute atomic E-state index is 12.4. The molecule has 3 atom stereocenters. The number of nitrogens with one attached hydrogen (secondary N) is 3. The molecule has 7 nitrogen and oxygen atoms in total. The Balaban J connectivity index is 1.50. The van der Waals surface area contributed by atoms with Gasteiger partial charge in [0.2, 0.25) is 11.7 Å². The molecule has 0 radical (unpaired) electrons. The molecular formula is C14H16N6O. The normalized spacial score (nSPS) is 27.0. The molecule has 21 heavy (non-hydrogen) atoms. The first-order valence-corrected chi connectivity index (χ1v) is 7.20. The second kappa shape index (κ2) is 4.92. The highest BCUT2D eigenvalue weighted by molar-refractivity contribution is 5.94. The Morgan fingerprint density at radius 2 is 2.29 bits per heavy atom. The number of amides is 1. The average Bonchev–Trinajstić information content (AvgIpc) is 3.24. The van der Waals surface area contributed by atoms with E-state index in [4.69, 9.17) is 0 Å². The zero-order chi connectivity index (χ0) is 14.2. The lowest BCUT2D eigenvalue weighted by molar-refractivity contribution is -0.120. The molecule has 2 aromatic rings. The van der Waals surface area contributed by atoms with Gasteiger partial charge >= 0.3 is 0 Å². The van der Waals surface area contributed by atoms with E-state index in [9.17, 15) is 4.79 Å². The summed E-state index contributed by atoms with van der Waals surface area (Å²) in [5, 5.41) is 20.4. The first-order valence-electron chi connectivity index (χ1n) is 7.20. The van der Waals surface area contributed by atoms with E-state index in [2.05, 4.69) is 31.3 Å². The van der Waals surface area contributed by atoms with Gasteiger partial charge in [0.1, 0.15) is 0 Å². The zero-order valence-electron chi connectivity index (χ0n) is 11.4. The van der Waals surface area contributed by atoms with E-state index >= 15 is 0 Å². The van der Waals surface area contributed by atoms with E-state index in [1.165, 1.54) is 6.42 Å². The van der Waals surface area contributed by atoms with Gasteiger partial charge in [-0.2, -0.15) is 5.21 Å². The van der Waals surface area contributed by atoms with Crippen molar-refractivity contribution >= 4 is 11.6 Å². The molecule has 2 bridgehead atoms. The predicted octanol–water partition coefficient (Wildman–Crippen LogP) is 0.946. The first-order chi connectivity index (χ1) is 10.3. The van der Waals surface area contributed by atoms with Crippen molar-refractivity contribution in [2.45, 2.75) is 31.3 Å². The molecule has 7 heteroatoms. The highest BCUT2D eigenvalue weighted by Crippen LogP contribution is 2.34. The van der Waals surface area contributed by atoms with Crippen molar-refractivity contribution in [3.63, 3.8) is 0 Å². The number of rotatable bonds is 3. The van der Waals surface area contributed by atoms with E-state index in [0.717, 1.165) is 24.1 Å². The second-order valence-corrected chi connectivity index (χ2v) is 5.70. The fourth-order valence-electron chi connectivity index (χ4n) is 3.37. The third kappa shape index (κ3) is 2.29. The summed E-state index contributed by atoms with van der Waals surface area (Å²) in [4.78, 5) is 12.4. The highest BCUT2D eigenvalue weighted by atomic mass is 16.2. The minimum absolute atomic E-state index is 0.0811. The SMILES string of the molecule is O=C(Nc1cccc(-c2nn[nH]n2)c1)C1CC2CCC1N2. The second-order valence-electron chi connectivity index (χ2n) is 5.70. The smallest absolute Gasteiger partial charge is 0.229 e. The number of tetrazole rings is 1. The molecular weight excluding hydrogens is 268 g/mol. The number of anilines is 1. The summed E-state index contributed by atoms with van der Waals surface area (Å²) in [6.45, 7) is 0. The largest absolute Gasteiger partial charge is 0.326 e. The van der Waals surface area contributed by atoms with Crippen LogP contribution in [0, 0.1) is 5.92 Å². The standard InChI is InChI=1S/C14H16N6O/c21-14(11-7-10-4-5-12(11)15-10)16-9-3-1-2-8(6-9)13-17-19-20-18-13/h1-3,6,10-12,15H,4-5,7H2,(H,16,21)(H,17,18,19,20). The van der Waals surface area contributed by atoms with Crippen LogP contribution in [0.3, 0.4) is 0 Å². The number of H-pyrrole nitrogens is 1. The maximum Gasteiger partial charge on any atom is 0.229 e. The van der Waals surface area contributed by atoms with Crippen molar-refractivity contribution in [1.82, 2.24) is 25.9 Å². The number of nitrogens with zero attached hydrogens (tertiary/aromatic N) is 3. The van der Waals surface area contributed by atoms with Crippen molar-refractivity contribution in [2.24, 2.45) is 5.92 Å². The molecule has 3 N–H and O–H groups in total. The lowest BCUT2D eigenvalue weighted by Gasteiger charge is -2.19. The number of hydrogen-bond acceptors (Lipinski definition) is 5. The Hall–Kier alpha value is -2.28. The van der Waals surface area contributed by atoms with E-state index in [1.54, 1.807) is 0 Å². The molecule has 1 amide bonds. The average molecular weight is 284 g/mol. The molecule has 0 aliphatic carbocycles. The lowest BCUT2D eigenvalue weighted by atomic mass is 9.88. The Morgan fingerprint density at radius 3 is 3.00 bits per heavy atom. The molecule has 0 spiro atoms. The Kier molecular flexibility index (Phi) is 2.92. The van der Waals surface area contributed by atoms with E-state index in [0.29, 0.717) is 17.9 Å². The quantitative estimate of drug-likeness (QED) is 0.779. The summed E-state index contributed by atoms with van der Waals surface area (Å²) >= 11 is 0. The molecule has 3 unspecified atom stereocenters. The molecule has 3 heterocycles. The first kappa shape index (κ1) is 12.5. The molecule has 1 aromatic carbocycles. The van der Waals surface area contributed by atoms with Gasteiger partial charge in [-0.1, -0.05) is 12.1 Å². The van der Waals surface area contributed by atoms with Crippen molar-refractivity contribution in [3.8, 4) is 11.4 Å². The van der Waals surface area contributed by atoms with Crippen LogP contribution in [-0.4, -0.2) is 38.6 Å². The number of fused-ring (bicyclic) bond motifs is 2. The van der Waals surface area contributed by atoms with E-state index in [-0.39, 0.29) is 11.8 Å². The molecule has 2 aliphatic heterocycles. The van der Waals surface area contributed by atoms with Gasteiger partial charge in [-0.05, 0) is 36.6 Å². The van der Waals surface area contributed by atoms with E-state index < -0.39 is 0 Å². The van der Waals surface area contributed by atoms with Crippen LogP contribution < -0.4 is 10.6 Å². The van der Waals surface area contributed by atoms with Crippen molar-refractivity contribution in [3.05, 3.63) is 24.3 Å². The topological polar surface area (TPSA) is 95.6 Å². The number of aromatic amines is 1. The van der Waals surface area contributed by atoms with Crippen LogP contribution in [-0.2, 0) is 4.79 Å². The van der Waals surface area contributed by atoms with Crippen LogP contribution in [0.2, 0.25) is 0 Å². The lowest BCUT2D eigenvalue weighted by Crippen LogP contribution is -2.32. The highest BCUT2D eigenvalue weighted by Gasteiger charge is 2.42. The van der Waals surface area contributed by atoms with Gasteiger partial charge in [0, 0.05) is 23.3 Å². The van der Waals surface area contributed by atoms with Gasteiger partial charge in [-0.15, -0.1) is 10.2 Å². The van der Waals surface area contributed by atoms with Crippen LogP contribution in [0.4, 0.5) is 5.69 Å². The third-order valence-electron chi connectivity index (χ3n) is 4.37. The van der Waals surface area contributed by atoms with Gasteiger partial charge in [-0.3, -0.25) is 4.79 Å². The van der Waals surface area contributed by atoms with Gasteiger partial charge in [0.15, 0.2) is 0 Å². The molecule has 108 valence electrons. The molecule has 1 aromatic heterocycles. The Morgan fingerprint density at radius 1 is 1.33 bits per heavy atom. The maximum atomic E-state index is 12.4. The minimum Gasteiger partial charge on any atom is -0.326 e. The Labute approximate surface area is 121 Å². The van der Waals surface area contributed by atoms with Crippen molar-refractivity contribution < 1.29 is 4.79 Å². The summed E-state index contributed by atoms with van der Waals surface area (Å²) in [7, 11) is 0. The number of carbonyl (C=O) groups is 1. The third-order valence-corrected chi connectivity index (χ3v) is 4.37. The minimum atomic E-state index is 0.0811. The van der Waals surface area contributed by atoms with Gasteiger partial charge in [-0.25, -0.2) is 0 Å². The van der Waals surface area contributed by atoms with E-state index in [1.807, 2.05) is 24.3 Å². The van der Waals surface area contributed by atoms with Crippen LogP contribution in [0.1, 0.15) is 19.3 Å². The predicted molar refractivity (Wildman–Crippen MR) is 76.3 cm³/mol. The number of carbonyl (C=O) groups excluding carboxylic acids is 1. The summed E-state index contributed by atoms with van der Waals surface area (Å²) in [6.07, 6.45) is 3.24. The summed E-state index contributed by atoms with van der Waals surface area (Å²) < 4.78 is 0. The van der Waals surface area contributed by atoms with Crippen molar-refractivity contribution in [2.75, 3.05) is 5.32 Å². The molecule has 2 saturated heterocycles.